The number of carbonyl (C=O) groups is 2. The highest BCUT2D eigenvalue weighted by atomic mass is 16.2. The first-order valence-corrected chi connectivity index (χ1v) is 9.78. The minimum absolute atomic E-state index is 0.00142. The van der Waals surface area contributed by atoms with Crippen LogP contribution in [0, 0.1) is 5.92 Å². The van der Waals surface area contributed by atoms with E-state index in [9.17, 15) is 14.4 Å². The van der Waals surface area contributed by atoms with Crippen molar-refractivity contribution in [2.75, 3.05) is 31.5 Å². The van der Waals surface area contributed by atoms with E-state index in [1.807, 2.05) is 6.07 Å². The van der Waals surface area contributed by atoms with E-state index in [1.54, 1.807) is 34.2 Å². The van der Waals surface area contributed by atoms with Crippen LogP contribution in [-0.2, 0) is 16.6 Å². The van der Waals surface area contributed by atoms with Gasteiger partial charge in [0.2, 0.25) is 17.8 Å². The zero-order chi connectivity index (χ0) is 20.5. The summed E-state index contributed by atoms with van der Waals surface area (Å²) in [5.74, 6) is 0.405. The summed E-state index contributed by atoms with van der Waals surface area (Å²) < 4.78 is 3.24. The molecule has 2 aliphatic rings. The smallest absolute Gasteiger partial charge is 0.251 e. The highest BCUT2D eigenvalue weighted by molar-refractivity contribution is 5.81. The van der Waals surface area contributed by atoms with E-state index in [4.69, 9.17) is 0 Å². The van der Waals surface area contributed by atoms with Crippen molar-refractivity contribution in [2.24, 2.45) is 13.0 Å². The van der Waals surface area contributed by atoms with Gasteiger partial charge in [0.05, 0.1) is 0 Å². The largest absolute Gasteiger partial charge is 0.353 e. The summed E-state index contributed by atoms with van der Waals surface area (Å²) >= 11 is 0. The van der Waals surface area contributed by atoms with Crippen molar-refractivity contribution >= 4 is 17.8 Å². The molecule has 0 radical (unpaired) electrons. The summed E-state index contributed by atoms with van der Waals surface area (Å²) in [7, 11) is 1.78. The molecule has 0 saturated carbocycles. The van der Waals surface area contributed by atoms with Gasteiger partial charge in [-0.05, 0) is 12.5 Å². The van der Waals surface area contributed by atoms with E-state index < -0.39 is 6.04 Å². The molecule has 2 bridgehead atoms. The number of hydrogen-bond acceptors (Lipinski definition) is 6. The molecule has 1 saturated heterocycles. The molecular formula is C19H25N7O3. The number of pyridine rings is 1. The fraction of sp³-hybridized carbons (Fsp3) is 0.526. The van der Waals surface area contributed by atoms with E-state index in [0.29, 0.717) is 32.1 Å². The third kappa shape index (κ3) is 3.62. The molecule has 154 valence electrons. The number of hydrogen-bond donors (Lipinski definition) is 2. The van der Waals surface area contributed by atoms with Gasteiger partial charge in [0.1, 0.15) is 12.4 Å². The van der Waals surface area contributed by atoms with Gasteiger partial charge >= 0.3 is 0 Å². The maximum Gasteiger partial charge on any atom is 0.251 e. The highest BCUT2D eigenvalue weighted by Crippen LogP contribution is 2.41. The van der Waals surface area contributed by atoms with Gasteiger partial charge in [0, 0.05) is 63.7 Å². The van der Waals surface area contributed by atoms with Gasteiger partial charge in [-0.1, -0.05) is 6.07 Å². The number of anilines is 1. The van der Waals surface area contributed by atoms with Crippen LogP contribution in [-0.4, -0.2) is 62.2 Å². The minimum atomic E-state index is -0.619. The lowest BCUT2D eigenvalue weighted by Gasteiger charge is -2.46. The second kappa shape index (κ2) is 7.69. The number of carbonyl (C=O) groups excluding carboxylic acids is 2. The molecule has 0 aromatic carbocycles. The Kier molecular flexibility index (Phi) is 5.08. The Morgan fingerprint density at radius 2 is 2.07 bits per heavy atom. The maximum atomic E-state index is 13.1. The lowest BCUT2D eigenvalue weighted by Crippen LogP contribution is -2.54. The molecule has 1 fully saturated rings. The number of nitrogens with zero attached hydrogens (tertiary/aromatic N) is 5. The minimum Gasteiger partial charge on any atom is -0.353 e. The Morgan fingerprint density at radius 1 is 1.24 bits per heavy atom. The van der Waals surface area contributed by atoms with E-state index in [0.717, 1.165) is 12.1 Å². The SMILES string of the molecule is CC(=O)N1C[C@H]2C[C@@H](C1)[C@H](C(=O)NCCNc1ncnn1C)n1c2cccc1=O. The molecule has 2 aliphatic heterocycles. The molecule has 0 spiro atoms. The molecule has 29 heavy (non-hydrogen) atoms. The van der Waals surface area contributed by atoms with Crippen molar-refractivity contribution in [3.63, 3.8) is 0 Å². The first-order valence-electron chi connectivity index (χ1n) is 9.78. The second-order valence-electron chi connectivity index (χ2n) is 7.65. The summed E-state index contributed by atoms with van der Waals surface area (Å²) in [4.78, 5) is 43.5. The monoisotopic (exact) mass is 399 g/mol. The molecule has 0 aliphatic carbocycles. The number of rotatable bonds is 5. The second-order valence-corrected chi connectivity index (χ2v) is 7.65. The normalized spacial score (nSPS) is 22.7. The Bertz CT molecular complexity index is 982. The van der Waals surface area contributed by atoms with Crippen LogP contribution in [0.2, 0.25) is 0 Å². The lowest BCUT2D eigenvalue weighted by molar-refractivity contribution is -0.135. The van der Waals surface area contributed by atoms with Gasteiger partial charge in [-0.3, -0.25) is 19.0 Å². The Morgan fingerprint density at radius 3 is 2.79 bits per heavy atom. The van der Waals surface area contributed by atoms with Crippen LogP contribution in [0.4, 0.5) is 5.95 Å². The summed E-state index contributed by atoms with van der Waals surface area (Å²) in [5.41, 5.74) is 0.655. The van der Waals surface area contributed by atoms with Crippen LogP contribution in [0.3, 0.4) is 0 Å². The average Bonchev–Trinajstić information content (AvgIpc) is 3.10. The van der Waals surface area contributed by atoms with Gasteiger partial charge < -0.3 is 15.5 Å². The molecular weight excluding hydrogens is 374 g/mol. The topological polar surface area (TPSA) is 114 Å². The molecule has 2 N–H and O–H groups in total. The van der Waals surface area contributed by atoms with Crippen molar-refractivity contribution in [1.29, 1.82) is 0 Å². The van der Waals surface area contributed by atoms with Crippen molar-refractivity contribution < 1.29 is 9.59 Å². The summed E-state index contributed by atoms with van der Waals surface area (Å²) in [5, 5.41) is 10.0. The van der Waals surface area contributed by atoms with Crippen LogP contribution in [0.1, 0.15) is 31.0 Å². The number of aryl methyl sites for hydroxylation is 1. The lowest BCUT2D eigenvalue weighted by atomic mass is 9.78. The van der Waals surface area contributed by atoms with Gasteiger partial charge in [-0.2, -0.15) is 10.1 Å². The van der Waals surface area contributed by atoms with Crippen molar-refractivity contribution in [2.45, 2.75) is 25.3 Å². The van der Waals surface area contributed by atoms with Crippen LogP contribution in [0.15, 0.2) is 29.3 Å². The molecule has 3 atom stereocenters. The molecule has 10 heteroatoms. The van der Waals surface area contributed by atoms with Crippen molar-refractivity contribution in [3.8, 4) is 0 Å². The fourth-order valence-electron chi connectivity index (χ4n) is 4.45. The molecule has 2 aromatic heterocycles. The van der Waals surface area contributed by atoms with E-state index >= 15 is 0 Å². The number of likely N-dealkylation sites (tertiary alicyclic amines) is 1. The molecule has 0 unspecified atom stereocenters. The first-order chi connectivity index (χ1) is 14.0. The number of amides is 2. The third-order valence-corrected chi connectivity index (χ3v) is 5.78. The van der Waals surface area contributed by atoms with Crippen LogP contribution in [0.5, 0.6) is 0 Å². The Labute approximate surface area is 167 Å². The first kappa shape index (κ1) is 19.2. The Hall–Kier alpha value is -3.17. The van der Waals surface area contributed by atoms with Crippen LogP contribution < -0.4 is 16.2 Å². The number of aromatic nitrogens is 4. The van der Waals surface area contributed by atoms with Gasteiger partial charge in [0.25, 0.3) is 5.56 Å². The third-order valence-electron chi connectivity index (χ3n) is 5.78. The van der Waals surface area contributed by atoms with E-state index in [1.165, 1.54) is 12.4 Å². The molecule has 4 rings (SSSR count). The van der Waals surface area contributed by atoms with Gasteiger partial charge in [-0.25, -0.2) is 4.68 Å². The van der Waals surface area contributed by atoms with Gasteiger partial charge in [0.15, 0.2) is 0 Å². The molecule has 2 amide bonds. The summed E-state index contributed by atoms with van der Waals surface area (Å²) in [6.45, 7) is 3.49. The number of piperidine rings is 1. The average molecular weight is 399 g/mol. The summed E-state index contributed by atoms with van der Waals surface area (Å²) in [6.07, 6.45) is 2.25. The quantitative estimate of drug-likeness (QED) is 0.668. The number of nitrogens with one attached hydrogen (secondary N) is 2. The predicted molar refractivity (Wildman–Crippen MR) is 105 cm³/mol. The van der Waals surface area contributed by atoms with Crippen LogP contribution >= 0.6 is 0 Å². The maximum absolute atomic E-state index is 13.1. The summed E-state index contributed by atoms with van der Waals surface area (Å²) in [6, 6.07) is 4.48. The van der Waals surface area contributed by atoms with Crippen molar-refractivity contribution in [1.82, 2.24) is 29.5 Å². The molecule has 4 heterocycles. The zero-order valence-electron chi connectivity index (χ0n) is 16.5. The molecule has 2 aromatic rings. The van der Waals surface area contributed by atoms with E-state index in [-0.39, 0.29) is 29.2 Å². The molecule has 10 nitrogen and oxygen atoms in total. The van der Waals surface area contributed by atoms with Crippen molar-refractivity contribution in [3.05, 3.63) is 40.6 Å². The fourth-order valence-corrected chi connectivity index (χ4v) is 4.45. The van der Waals surface area contributed by atoms with E-state index in [2.05, 4.69) is 20.7 Å². The van der Waals surface area contributed by atoms with Crippen LogP contribution in [0.25, 0.3) is 0 Å². The standard InChI is InChI=1S/C19H25N7O3/c1-12(27)25-9-13-8-14(10-25)17(26-15(13)4-3-5-16(26)28)18(29)20-6-7-21-19-22-11-23-24(19)2/h3-5,11,13-14,17H,6-10H2,1-2H3,(H,20,29)(H,21,22,23)/t13-,14+,17-/m1/s1. The Balaban J connectivity index is 1.51. The predicted octanol–water partition coefficient (Wildman–Crippen LogP) is -0.288. The zero-order valence-corrected chi connectivity index (χ0v) is 16.5. The van der Waals surface area contributed by atoms with Gasteiger partial charge in [-0.15, -0.1) is 0 Å². The highest BCUT2D eigenvalue weighted by Gasteiger charge is 2.44. The number of fused-ring (bicyclic) bond motifs is 4.